The largest absolute Gasteiger partial charge is 0.481 e. The molecule has 0 unspecified atom stereocenters. The van der Waals surface area contributed by atoms with Gasteiger partial charge in [0.05, 0.1) is 16.7 Å². The molecule has 4 rings (SSSR count). The van der Waals surface area contributed by atoms with E-state index in [1.54, 1.807) is 18.2 Å². The number of rotatable bonds is 8. The van der Waals surface area contributed by atoms with Gasteiger partial charge in [-0.1, -0.05) is 48.0 Å². The number of nitro benzene ring substituents is 1. The Morgan fingerprint density at radius 1 is 0.973 bits per heavy atom. The lowest BCUT2D eigenvalue weighted by Gasteiger charge is -2.13. The van der Waals surface area contributed by atoms with Crippen LogP contribution in [0.5, 0.6) is 11.5 Å². The first-order chi connectivity index (χ1) is 17.8. The van der Waals surface area contributed by atoms with Crippen LogP contribution >= 0.6 is 0 Å². The van der Waals surface area contributed by atoms with E-state index in [9.17, 15) is 19.7 Å². The number of fused-ring (bicyclic) bond motifs is 1. The Balaban J connectivity index is 1.50. The number of carbonyl (C=O) groups is 2. The van der Waals surface area contributed by atoms with Crippen LogP contribution in [0, 0.1) is 17.0 Å². The van der Waals surface area contributed by atoms with Gasteiger partial charge < -0.3 is 9.47 Å². The number of non-ortho nitro benzene ring substituents is 1. The van der Waals surface area contributed by atoms with Gasteiger partial charge in [0.2, 0.25) is 0 Å². The predicted molar refractivity (Wildman–Crippen MR) is 139 cm³/mol. The zero-order chi connectivity index (χ0) is 26.4. The van der Waals surface area contributed by atoms with E-state index < -0.39 is 22.9 Å². The maximum absolute atomic E-state index is 12.7. The number of benzene rings is 4. The molecule has 0 spiro atoms. The van der Waals surface area contributed by atoms with Gasteiger partial charge in [-0.15, -0.1) is 0 Å². The van der Waals surface area contributed by atoms with Gasteiger partial charge in [0.1, 0.15) is 11.5 Å². The first-order valence-corrected chi connectivity index (χ1v) is 11.4. The van der Waals surface area contributed by atoms with E-state index in [1.807, 2.05) is 49.4 Å². The van der Waals surface area contributed by atoms with Crippen molar-refractivity contribution in [2.45, 2.75) is 20.0 Å². The Morgan fingerprint density at radius 2 is 1.68 bits per heavy atom. The second-order valence-electron chi connectivity index (χ2n) is 8.20. The fraction of sp³-hybridized carbons (Fsp3) is 0.107. The highest BCUT2D eigenvalue weighted by atomic mass is 16.6. The maximum Gasteiger partial charge on any atom is 0.343 e. The van der Waals surface area contributed by atoms with Crippen molar-refractivity contribution in [3.63, 3.8) is 0 Å². The molecule has 0 radical (unpaired) electrons. The minimum Gasteiger partial charge on any atom is -0.481 e. The molecule has 4 aromatic carbocycles. The average molecular weight is 498 g/mol. The summed E-state index contributed by atoms with van der Waals surface area (Å²) in [5, 5.41) is 16.5. The van der Waals surface area contributed by atoms with E-state index >= 15 is 0 Å². The van der Waals surface area contributed by atoms with E-state index in [2.05, 4.69) is 10.5 Å². The summed E-state index contributed by atoms with van der Waals surface area (Å²) < 4.78 is 11.2. The minimum absolute atomic E-state index is 0.0805. The van der Waals surface area contributed by atoms with E-state index in [0.717, 1.165) is 16.3 Å². The lowest BCUT2D eigenvalue weighted by molar-refractivity contribution is -0.384. The zero-order valence-electron chi connectivity index (χ0n) is 20.1. The highest BCUT2D eigenvalue weighted by molar-refractivity contribution is 6.04. The first kappa shape index (κ1) is 25.1. The number of esters is 1. The van der Waals surface area contributed by atoms with Crippen molar-refractivity contribution in [2.75, 3.05) is 0 Å². The summed E-state index contributed by atoms with van der Waals surface area (Å²) in [6.45, 7) is 3.46. The van der Waals surface area contributed by atoms with Crippen molar-refractivity contribution < 1.29 is 24.0 Å². The van der Waals surface area contributed by atoms with Gasteiger partial charge in [-0.25, -0.2) is 10.2 Å². The molecule has 4 aromatic rings. The molecule has 0 aliphatic rings. The van der Waals surface area contributed by atoms with Crippen molar-refractivity contribution in [3.05, 3.63) is 112 Å². The van der Waals surface area contributed by atoms with Gasteiger partial charge in [0, 0.05) is 17.7 Å². The number of hydrazone groups is 1. The van der Waals surface area contributed by atoms with Gasteiger partial charge in [0.15, 0.2) is 6.10 Å². The molecule has 9 nitrogen and oxygen atoms in total. The SMILES string of the molecule is Cc1ccc(C(=O)Oc2ccc3ccccc3c2/C=N\NC(=O)[C@@H](C)Oc2ccc([N+](=O)[O-])cc2)cc1. The molecule has 0 fully saturated rings. The Morgan fingerprint density at radius 3 is 2.38 bits per heavy atom. The number of aryl methyl sites for hydroxylation is 1. The van der Waals surface area contributed by atoms with Crippen molar-refractivity contribution >= 4 is 34.6 Å². The van der Waals surface area contributed by atoms with Crippen LogP contribution in [0.25, 0.3) is 10.8 Å². The second-order valence-corrected chi connectivity index (χ2v) is 8.20. The number of carbonyl (C=O) groups excluding carboxylic acids is 2. The molecule has 0 saturated heterocycles. The minimum atomic E-state index is -0.926. The van der Waals surface area contributed by atoms with Crippen LogP contribution in [0.2, 0.25) is 0 Å². The molecule has 1 N–H and O–H groups in total. The van der Waals surface area contributed by atoms with Gasteiger partial charge in [-0.2, -0.15) is 5.10 Å². The number of ether oxygens (including phenoxy) is 2. The number of nitrogens with zero attached hydrogens (tertiary/aromatic N) is 2. The topological polar surface area (TPSA) is 120 Å². The van der Waals surface area contributed by atoms with Crippen LogP contribution in [0.3, 0.4) is 0 Å². The smallest absolute Gasteiger partial charge is 0.343 e. The Kier molecular flexibility index (Phi) is 7.53. The van der Waals surface area contributed by atoms with Gasteiger partial charge in [0.25, 0.3) is 11.6 Å². The lowest BCUT2D eigenvalue weighted by Crippen LogP contribution is -2.33. The Labute approximate surface area is 212 Å². The molecular formula is C28H23N3O6. The summed E-state index contributed by atoms with van der Waals surface area (Å²) in [6.07, 6.45) is 0.487. The standard InChI is InChI=1S/C28H23N3O6/c1-18-7-9-21(10-8-18)28(33)37-26-16-11-20-5-3-4-6-24(20)25(26)17-29-30-27(32)19(2)36-23-14-12-22(13-15-23)31(34)35/h3-17,19H,1-2H3,(H,30,32)/b29-17-/t19-/m1/s1. The van der Waals surface area contributed by atoms with Gasteiger partial charge in [-0.3, -0.25) is 14.9 Å². The maximum atomic E-state index is 12.7. The molecule has 1 amide bonds. The second kappa shape index (κ2) is 11.1. The van der Waals surface area contributed by atoms with Crippen LogP contribution in [0.15, 0.2) is 90.0 Å². The fourth-order valence-electron chi connectivity index (χ4n) is 3.50. The molecule has 9 heteroatoms. The Hall–Kier alpha value is -5.05. The normalized spacial score (nSPS) is 11.7. The van der Waals surface area contributed by atoms with Crippen molar-refractivity contribution in [1.82, 2.24) is 5.43 Å². The molecule has 1 atom stereocenters. The third-order valence-corrected chi connectivity index (χ3v) is 5.52. The van der Waals surface area contributed by atoms with E-state index in [1.165, 1.54) is 37.4 Å². The molecule has 186 valence electrons. The molecular weight excluding hydrogens is 474 g/mol. The first-order valence-electron chi connectivity index (χ1n) is 11.4. The number of nitro groups is 1. The monoisotopic (exact) mass is 497 g/mol. The number of hydrogen-bond acceptors (Lipinski definition) is 7. The molecule has 0 saturated carbocycles. The van der Waals surface area contributed by atoms with E-state index in [4.69, 9.17) is 9.47 Å². The van der Waals surface area contributed by atoms with E-state index in [0.29, 0.717) is 16.9 Å². The van der Waals surface area contributed by atoms with Crippen LogP contribution in [-0.4, -0.2) is 29.1 Å². The number of amides is 1. The summed E-state index contributed by atoms with van der Waals surface area (Å²) >= 11 is 0. The van der Waals surface area contributed by atoms with Crippen molar-refractivity contribution in [1.29, 1.82) is 0 Å². The Bertz CT molecular complexity index is 1480. The molecule has 0 aliphatic carbocycles. The summed E-state index contributed by atoms with van der Waals surface area (Å²) in [7, 11) is 0. The highest BCUT2D eigenvalue weighted by Gasteiger charge is 2.16. The summed E-state index contributed by atoms with van der Waals surface area (Å²) in [4.78, 5) is 35.5. The van der Waals surface area contributed by atoms with Crippen molar-refractivity contribution in [2.24, 2.45) is 5.10 Å². The van der Waals surface area contributed by atoms with Crippen LogP contribution in [0.4, 0.5) is 5.69 Å². The quantitative estimate of drug-likeness (QED) is 0.118. The third-order valence-electron chi connectivity index (χ3n) is 5.52. The third kappa shape index (κ3) is 6.15. The zero-order valence-corrected chi connectivity index (χ0v) is 20.1. The molecule has 0 aromatic heterocycles. The fourth-order valence-corrected chi connectivity index (χ4v) is 3.50. The van der Waals surface area contributed by atoms with Crippen LogP contribution in [0.1, 0.15) is 28.4 Å². The predicted octanol–water partition coefficient (Wildman–Crippen LogP) is 5.19. The van der Waals surface area contributed by atoms with Gasteiger partial charge in [-0.05, 0) is 55.0 Å². The highest BCUT2D eigenvalue weighted by Crippen LogP contribution is 2.27. The molecule has 0 heterocycles. The molecule has 0 aliphatic heterocycles. The van der Waals surface area contributed by atoms with Crippen molar-refractivity contribution in [3.8, 4) is 11.5 Å². The van der Waals surface area contributed by atoms with Crippen LogP contribution < -0.4 is 14.9 Å². The van der Waals surface area contributed by atoms with Crippen LogP contribution in [-0.2, 0) is 4.79 Å². The number of hydrogen-bond donors (Lipinski definition) is 1. The average Bonchev–Trinajstić information content (AvgIpc) is 2.90. The molecule has 0 bridgehead atoms. The summed E-state index contributed by atoms with van der Waals surface area (Å²) in [5.41, 5.74) is 4.29. The molecule has 37 heavy (non-hydrogen) atoms. The van der Waals surface area contributed by atoms with E-state index in [-0.39, 0.29) is 11.4 Å². The number of nitrogens with one attached hydrogen (secondary N) is 1. The lowest BCUT2D eigenvalue weighted by atomic mass is 10.0. The summed E-state index contributed by atoms with van der Waals surface area (Å²) in [6, 6.07) is 23.5. The summed E-state index contributed by atoms with van der Waals surface area (Å²) in [5.74, 6) is -0.457. The van der Waals surface area contributed by atoms with Gasteiger partial charge >= 0.3 is 5.97 Å².